The van der Waals surface area contributed by atoms with Crippen molar-refractivity contribution < 1.29 is 9.53 Å². The number of hydrogen-bond donors (Lipinski definition) is 1. The first-order valence-electron chi connectivity index (χ1n) is 10.0. The highest BCUT2D eigenvalue weighted by Crippen LogP contribution is 2.25. The van der Waals surface area contributed by atoms with Crippen molar-refractivity contribution in [1.29, 1.82) is 0 Å². The zero-order chi connectivity index (χ0) is 21.0. The van der Waals surface area contributed by atoms with E-state index in [-0.39, 0.29) is 12.0 Å². The van der Waals surface area contributed by atoms with Crippen LogP contribution in [0.15, 0.2) is 73.3 Å². The second-order valence-electron chi connectivity index (χ2n) is 7.15. The van der Waals surface area contributed by atoms with Gasteiger partial charge in [0, 0.05) is 36.1 Å². The van der Waals surface area contributed by atoms with Crippen LogP contribution in [-0.4, -0.2) is 50.4 Å². The molecule has 1 fully saturated rings. The van der Waals surface area contributed by atoms with Gasteiger partial charge in [0.25, 0.3) is 5.91 Å². The third-order valence-corrected chi connectivity index (χ3v) is 5.15. The third kappa shape index (κ3) is 4.06. The Labute approximate surface area is 179 Å². The summed E-state index contributed by atoms with van der Waals surface area (Å²) < 4.78 is 5.95. The van der Waals surface area contributed by atoms with Gasteiger partial charge in [0.15, 0.2) is 0 Å². The summed E-state index contributed by atoms with van der Waals surface area (Å²) in [6.45, 7) is 1.41. The molecular weight excluding hydrogens is 392 g/mol. The van der Waals surface area contributed by atoms with Gasteiger partial charge in [-0.25, -0.2) is 9.97 Å². The molecule has 1 amide bonds. The number of morpholine rings is 1. The summed E-state index contributed by atoms with van der Waals surface area (Å²) in [5, 5.41) is 3.99. The lowest BCUT2D eigenvalue weighted by atomic mass is 10.1. The van der Waals surface area contributed by atoms with Gasteiger partial charge in [-0.05, 0) is 30.3 Å². The predicted octanol–water partition coefficient (Wildman–Crippen LogP) is 3.38. The number of anilines is 2. The van der Waals surface area contributed by atoms with Crippen LogP contribution in [0.1, 0.15) is 22.2 Å². The number of nitrogens with one attached hydrogen (secondary N) is 1. The molecule has 0 spiro atoms. The van der Waals surface area contributed by atoms with Crippen LogP contribution in [0.5, 0.6) is 0 Å². The molecule has 5 rings (SSSR count). The van der Waals surface area contributed by atoms with Gasteiger partial charge in [0.2, 0.25) is 0 Å². The number of carbonyl (C=O) groups excluding carboxylic acids is 1. The normalized spacial score (nSPS) is 16.3. The molecule has 1 N–H and O–H groups in total. The van der Waals surface area contributed by atoms with E-state index < -0.39 is 0 Å². The van der Waals surface area contributed by atoms with Gasteiger partial charge in [0.05, 0.1) is 30.6 Å². The fraction of sp³-hybridized carbons (Fsp3) is 0.174. The number of hydrogen-bond acceptors (Lipinski definition) is 7. The zero-order valence-electron chi connectivity index (χ0n) is 16.7. The third-order valence-electron chi connectivity index (χ3n) is 5.15. The molecule has 1 aromatic carbocycles. The fourth-order valence-corrected chi connectivity index (χ4v) is 3.67. The number of rotatable bonds is 4. The first kappa shape index (κ1) is 19.1. The number of ether oxygens (including phenoxy) is 1. The molecule has 3 aromatic heterocycles. The van der Waals surface area contributed by atoms with Crippen LogP contribution < -0.4 is 5.32 Å². The average molecular weight is 412 g/mol. The summed E-state index contributed by atoms with van der Waals surface area (Å²) in [5.74, 6) is 1.23. The maximum atomic E-state index is 13.3. The Kier molecular flexibility index (Phi) is 5.20. The molecule has 8 nitrogen and oxygen atoms in total. The summed E-state index contributed by atoms with van der Waals surface area (Å²) in [7, 11) is 0. The molecule has 0 unspecified atom stereocenters. The Morgan fingerprint density at radius 1 is 1.00 bits per heavy atom. The molecular formula is C23H20N6O2. The van der Waals surface area contributed by atoms with Crippen molar-refractivity contribution >= 4 is 28.4 Å². The highest BCUT2D eigenvalue weighted by atomic mass is 16.5. The Balaban J connectivity index is 1.36. The van der Waals surface area contributed by atoms with Crippen molar-refractivity contribution in [2.75, 3.05) is 25.0 Å². The van der Waals surface area contributed by atoms with Gasteiger partial charge < -0.3 is 15.0 Å². The fourth-order valence-electron chi connectivity index (χ4n) is 3.67. The quantitative estimate of drug-likeness (QED) is 0.549. The highest BCUT2D eigenvalue weighted by Gasteiger charge is 2.28. The molecule has 1 atom stereocenters. The molecule has 8 heteroatoms. The van der Waals surface area contributed by atoms with Crippen LogP contribution in [0.2, 0.25) is 0 Å². The topological polar surface area (TPSA) is 93.1 Å². The highest BCUT2D eigenvalue weighted by molar-refractivity contribution is 6.06. The van der Waals surface area contributed by atoms with Gasteiger partial charge in [-0.3, -0.25) is 14.8 Å². The van der Waals surface area contributed by atoms with Crippen molar-refractivity contribution in [2.45, 2.75) is 6.10 Å². The van der Waals surface area contributed by atoms with E-state index in [2.05, 4.69) is 25.3 Å². The zero-order valence-corrected chi connectivity index (χ0v) is 16.7. The first-order chi connectivity index (χ1) is 15.3. The molecule has 31 heavy (non-hydrogen) atoms. The van der Waals surface area contributed by atoms with E-state index in [1.807, 2.05) is 53.4 Å². The second kappa shape index (κ2) is 8.45. The van der Waals surface area contributed by atoms with E-state index in [9.17, 15) is 4.79 Å². The van der Waals surface area contributed by atoms with E-state index in [0.717, 1.165) is 16.6 Å². The van der Waals surface area contributed by atoms with Crippen LogP contribution in [-0.2, 0) is 4.74 Å². The monoisotopic (exact) mass is 412 g/mol. The molecule has 4 aromatic rings. The number of benzene rings is 1. The number of nitrogens with zero attached hydrogens (tertiary/aromatic N) is 5. The lowest BCUT2D eigenvalue weighted by molar-refractivity contribution is -0.0246. The van der Waals surface area contributed by atoms with E-state index >= 15 is 0 Å². The first-order valence-corrected chi connectivity index (χ1v) is 10.0. The minimum absolute atomic E-state index is 0.0271. The lowest BCUT2D eigenvalue weighted by Crippen LogP contribution is -2.42. The molecule has 1 saturated heterocycles. The SMILES string of the molecule is O=C(c1cccc2ncccc12)N1CCO[C@H](c2cccc(Nc3cnccn3)n2)C1. The molecule has 0 bridgehead atoms. The summed E-state index contributed by atoms with van der Waals surface area (Å²) in [6, 6.07) is 15.1. The molecule has 1 aliphatic heterocycles. The van der Waals surface area contributed by atoms with Crippen molar-refractivity contribution in [3.05, 3.63) is 84.6 Å². The number of fused-ring (bicyclic) bond motifs is 1. The predicted molar refractivity (Wildman–Crippen MR) is 116 cm³/mol. The van der Waals surface area contributed by atoms with Crippen LogP contribution in [0, 0.1) is 0 Å². The number of amides is 1. The largest absolute Gasteiger partial charge is 0.368 e. The minimum Gasteiger partial charge on any atom is -0.368 e. The number of aromatic nitrogens is 4. The minimum atomic E-state index is -0.311. The molecule has 1 aliphatic rings. The smallest absolute Gasteiger partial charge is 0.254 e. The molecule has 0 saturated carbocycles. The summed E-state index contributed by atoms with van der Waals surface area (Å²) in [6.07, 6.45) is 6.28. The Bertz CT molecular complexity index is 1210. The average Bonchev–Trinajstić information content (AvgIpc) is 2.84. The van der Waals surface area contributed by atoms with Gasteiger partial charge in [-0.1, -0.05) is 18.2 Å². The summed E-state index contributed by atoms with van der Waals surface area (Å²) >= 11 is 0. The maximum absolute atomic E-state index is 13.3. The van der Waals surface area contributed by atoms with Crippen LogP contribution in [0.3, 0.4) is 0 Å². The van der Waals surface area contributed by atoms with Crippen molar-refractivity contribution in [2.24, 2.45) is 0 Å². The second-order valence-corrected chi connectivity index (χ2v) is 7.15. The summed E-state index contributed by atoms with van der Waals surface area (Å²) in [5.41, 5.74) is 2.21. The van der Waals surface area contributed by atoms with Crippen LogP contribution in [0.25, 0.3) is 10.9 Å². The van der Waals surface area contributed by atoms with Gasteiger partial charge in [-0.2, -0.15) is 0 Å². The Hall–Kier alpha value is -3.91. The number of pyridine rings is 2. The van der Waals surface area contributed by atoms with Crippen molar-refractivity contribution in [3.8, 4) is 0 Å². The van der Waals surface area contributed by atoms with Gasteiger partial charge in [-0.15, -0.1) is 0 Å². The van der Waals surface area contributed by atoms with E-state index in [1.54, 1.807) is 24.8 Å². The van der Waals surface area contributed by atoms with E-state index in [1.165, 1.54) is 0 Å². The van der Waals surface area contributed by atoms with E-state index in [4.69, 9.17) is 4.74 Å². The Morgan fingerprint density at radius 3 is 2.84 bits per heavy atom. The molecule has 154 valence electrons. The van der Waals surface area contributed by atoms with Crippen molar-refractivity contribution in [1.82, 2.24) is 24.8 Å². The Morgan fingerprint density at radius 2 is 1.94 bits per heavy atom. The van der Waals surface area contributed by atoms with E-state index in [0.29, 0.717) is 36.9 Å². The van der Waals surface area contributed by atoms with Gasteiger partial charge >= 0.3 is 0 Å². The van der Waals surface area contributed by atoms with Crippen molar-refractivity contribution in [3.63, 3.8) is 0 Å². The lowest BCUT2D eigenvalue weighted by Gasteiger charge is -2.33. The number of carbonyl (C=O) groups is 1. The molecule has 0 radical (unpaired) electrons. The maximum Gasteiger partial charge on any atom is 0.254 e. The van der Waals surface area contributed by atoms with Gasteiger partial charge in [0.1, 0.15) is 17.7 Å². The standard InChI is InChI=1S/C23H20N6O2/c30-23(17-4-1-6-18-16(17)5-3-9-25-18)29-12-13-31-20(15-29)19-7-2-8-21(27-19)28-22-14-24-10-11-26-22/h1-11,14,20H,12-13,15H2,(H,26,27,28)/t20-/m0/s1. The van der Waals surface area contributed by atoms with Crippen LogP contribution in [0.4, 0.5) is 11.6 Å². The molecule has 0 aliphatic carbocycles. The molecule has 4 heterocycles. The summed E-state index contributed by atoms with van der Waals surface area (Å²) in [4.78, 5) is 32.4. The van der Waals surface area contributed by atoms with Crippen LogP contribution >= 0.6 is 0 Å².